The van der Waals surface area contributed by atoms with Gasteiger partial charge in [-0.3, -0.25) is 0 Å². The molecule has 1 aromatic rings. The fraction of sp³-hybridized carbons (Fsp3) is 0.462. The monoisotopic (exact) mass is 300 g/mol. The number of rotatable bonds is 2. The number of ether oxygens (including phenoxy) is 2. The molecule has 0 bridgehead atoms. The molecular formula is C13H15NO4V. The molecule has 1 N–H and O–H groups in total. The van der Waals surface area contributed by atoms with Crippen LogP contribution < -0.4 is 4.74 Å². The largest absolute Gasteiger partial charge is 0.504 e. The predicted molar refractivity (Wildman–Crippen MR) is 65.1 cm³/mol. The van der Waals surface area contributed by atoms with Crippen LogP contribution in [0.4, 0.5) is 0 Å². The number of methoxy groups -OCH3 is 1. The van der Waals surface area contributed by atoms with E-state index < -0.39 is 0 Å². The van der Waals surface area contributed by atoms with Gasteiger partial charge in [-0.05, 0) is 18.2 Å². The Kier molecular flexibility index (Phi) is 4.09. The van der Waals surface area contributed by atoms with Crippen LogP contribution in [0.5, 0.6) is 11.5 Å². The second-order valence-electron chi connectivity index (χ2n) is 4.68. The molecule has 0 aliphatic carbocycles. The number of aromatic hydroxyl groups is 1. The maximum atomic E-state index is 9.57. The number of nitrogens with zero attached hydrogens (tertiary/aromatic N) is 1. The van der Waals surface area contributed by atoms with E-state index >= 15 is 0 Å². The van der Waals surface area contributed by atoms with E-state index in [1.165, 1.54) is 7.11 Å². The minimum absolute atomic E-state index is 0. The van der Waals surface area contributed by atoms with Crippen LogP contribution in [0.25, 0.3) is 0 Å². The molecule has 1 saturated heterocycles. The number of hydrogen-bond acceptors (Lipinski definition) is 5. The van der Waals surface area contributed by atoms with Gasteiger partial charge in [-0.15, -0.1) is 0 Å². The van der Waals surface area contributed by atoms with Gasteiger partial charge in [-0.1, -0.05) is 5.16 Å². The molecule has 3 rings (SSSR count). The number of oxime groups is 1. The second kappa shape index (κ2) is 5.45. The van der Waals surface area contributed by atoms with Gasteiger partial charge in [-0.25, -0.2) is 0 Å². The maximum absolute atomic E-state index is 9.57. The Labute approximate surface area is 123 Å². The Balaban J connectivity index is 0.00000133. The van der Waals surface area contributed by atoms with Crippen molar-refractivity contribution in [3.8, 4) is 11.5 Å². The van der Waals surface area contributed by atoms with Crippen LogP contribution in [0, 0.1) is 0 Å². The van der Waals surface area contributed by atoms with Crippen molar-refractivity contribution in [3.05, 3.63) is 23.8 Å². The van der Waals surface area contributed by atoms with Crippen molar-refractivity contribution in [2.75, 3.05) is 20.3 Å². The number of benzene rings is 1. The number of phenolic OH excluding ortho intramolecular Hbond substituents is 1. The summed E-state index contributed by atoms with van der Waals surface area (Å²) in [6.07, 6.45) is 1.61. The summed E-state index contributed by atoms with van der Waals surface area (Å²) in [5.41, 5.74) is 1.51. The van der Waals surface area contributed by atoms with Gasteiger partial charge in [0.05, 0.1) is 26.0 Å². The molecule has 1 radical (unpaired) electrons. The van der Waals surface area contributed by atoms with Crippen LogP contribution >= 0.6 is 0 Å². The van der Waals surface area contributed by atoms with E-state index in [0.717, 1.165) is 30.7 Å². The molecule has 1 fully saturated rings. The van der Waals surface area contributed by atoms with Crippen LogP contribution in [-0.4, -0.2) is 36.7 Å². The van der Waals surface area contributed by atoms with Crippen molar-refractivity contribution in [2.24, 2.45) is 5.16 Å². The third kappa shape index (κ3) is 2.59. The average Bonchev–Trinajstić information content (AvgIpc) is 3.01. The molecule has 1 spiro atoms. The van der Waals surface area contributed by atoms with E-state index in [0.29, 0.717) is 12.4 Å². The zero-order chi connectivity index (χ0) is 12.6. The zero-order valence-electron chi connectivity index (χ0n) is 10.6. The van der Waals surface area contributed by atoms with Crippen molar-refractivity contribution >= 4 is 5.71 Å². The Hall–Kier alpha value is -1.17. The van der Waals surface area contributed by atoms with Crippen molar-refractivity contribution in [1.82, 2.24) is 0 Å². The summed E-state index contributed by atoms with van der Waals surface area (Å²) < 4.78 is 10.5. The summed E-state index contributed by atoms with van der Waals surface area (Å²) in [5.74, 6) is 0.568. The van der Waals surface area contributed by atoms with Crippen LogP contribution in [0.15, 0.2) is 23.4 Å². The second-order valence-corrected chi connectivity index (χ2v) is 4.68. The smallest absolute Gasteiger partial charge is 0.168 e. The van der Waals surface area contributed by atoms with Gasteiger partial charge >= 0.3 is 0 Å². The molecular weight excluding hydrogens is 285 g/mol. The first-order valence-electron chi connectivity index (χ1n) is 5.93. The van der Waals surface area contributed by atoms with Crippen molar-refractivity contribution < 1.29 is 38.0 Å². The first kappa shape index (κ1) is 14.2. The summed E-state index contributed by atoms with van der Waals surface area (Å²) in [7, 11) is 1.53. The van der Waals surface area contributed by atoms with Gasteiger partial charge in [0.25, 0.3) is 0 Å². The Bertz CT molecular complexity index is 497. The fourth-order valence-corrected chi connectivity index (χ4v) is 2.33. The molecule has 5 nitrogen and oxygen atoms in total. The predicted octanol–water partition coefficient (Wildman–Crippen LogP) is 1.68. The standard InChI is InChI=1S/C13H15NO4.V/c1-16-12-6-9(2-3-11(12)15)10-7-13(18-14-10)4-5-17-8-13;/h2-3,6,15H,4-5,7-8H2,1H3;. The summed E-state index contributed by atoms with van der Waals surface area (Å²) in [4.78, 5) is 5.53. The first-order chi connectivity index (χ1) is 8.72. The van der Waals surface area contributed by atoms with E-state index in [2.05, 4.69) is 5.16 Å². The summed E-state index contributed by atoms with van der Waals surface area (Å²) in [5, 5.41) is 13.7. The molecule has 1 aromatic carbocycles. The van der Waals surface area contributed by atoms with Gasteiger partial charge < -0.3 is 19.4 Å². The molecule has 2 heterocycles. The third-order valence-electron chi connectivity index (χ3n) is 3.42. The normalized spacial score (nSPS) is 24.8. The molecule has 2 aliphatic heterocycles. The van der Waals surface area contributed by atoms with E-state index in [9.17, 15) is 5.11 Å². The van der Waals surface area contributed by atoms with Gasteiger partial charge in [0, 0.05) is 37.0 Å². The molecule has 1 atom stereocenters. The minimum Gasteiger partial charge on any atom is -0.504 e. The molecule has 0 amide bonds. The topological polar surface area (TPSA) is 60.3 Å². The Morgan fingerprint density at radius 1 is 1.42 bits per heavy atom. The van der Waals surface area contributed by atoms with Crippen molar-refractivity contribution in [2.45, 2.75) is 18.4 Å². The van der Waals surface area contributed by atoms with Gasteiger partial charge in [0.15, 0.2) is 17.1 Å². The van der Waals surface area contributed by atoms with Gasteiger partial charge in [-0.2, -0.15) is 0 Å². The fourth-order valence-electron chi connectivity index (χ4n) is 2.33. The van der Waals surface area contributed by atoms with E-state index in [-0.39, 0.29) is 29.9 Å². The molecule has 0 saturated carbocycles. The number of hydrogen-bond donors (Lipinski definition) is 1. The number of phenols is 1. The molecule has 1 unspecified atom stereocenters. The third-order valence-corrected chi connectivity index (χ3v) is 3.42. The summed E-state index contributed by atoms with van der Waals surface area (Å²) in [6.45, 7) is 1.32. The molecule has 2 aliphatic rings. The van der Waals surface area contributed by atoms with Crippen LogP contribution in [0.1, 0.15) is 18.4 Å². The maximum Gasteiger partial charge on any atom is 0.168 e. The summed E-state index contributed by atoms with van der Waals surface area (Å²) in [6, 6.07) is 5.19. The first-order valence-corrected chi connectivity index (χ1v) is 5.93. The van der Waals surface area contributed by atoms with E-state index in [1.54, 1.807) is 12.1 Å². The van der Waals surface area contributed by atoms with E-state index in [1.807, 2.05) is 6.07 Å². The zero-order valence-corrected chi connectivity index (χ0v) is 12.0. The molecule has 6 heteroatoms. The van der Waals surface area contributed by atoms with Crippen molar-refractivity contribution in [1.29, 1.82) is 0 Å². The molecule has 101 valence electrons. The van der Waals surface area contributed by atoms with E-state index in [4.69, 9.17) is 14.3 Å². The SMILES string of the molecule is COc1cc(C2=NOC3(CCOC3)C2)ccc1O.[V]. The van der Waals surface area contributed by atoms with Gasteiger partial charge in [0.2, 0.25) is 0 Å². The minimum atomic E-state index is -0.277. The molecule has 0 aromatic heterocycles. The van der Waals surface area contributed by atoms with Gasteiger partial charge in [0.1, 0.15) is 0 Å². The van der Waals surface area contributed by atoms with Crippen LogP contribution in [0.2, 0.25) is 0 Å². The Morgan fingerprint density at radius 2 is 2.26 bits per heavy atom. The van der Waals surface area contributed by atoms with Crippen LogP contribution in [-0.2, 0) is 28.1 Å². The van der Waals surface area contributed by atoms with Crippen molar-refractivity contribution in [3.63, 3.8) is 0 Å². The molecule has 19 heavy (non-hydrogen) atoms. The Morgan fingerprint density at radius 3 is 2.95 bits per heavy atom. The van der Waals surface area contributed by atoms with Crippen LogP contribution in [0.3, 0.4) is 0 Å². The summed E-state index contributed by atoms with van der Waals surface area (Å²) >= 11 is 0. The quantitative estimate of drug-likeness (QED) is 0.903. The average molecular weight is 300 g/mol.